The van der Waals surface area contributed by atoms with Crippen LogP contribution in [-0.4, -0.2) is 39.5 Å². The monoisotopic (exact) mass is 500 g/mol. The highest BCUT2D eigenvalue weighted by Gasteiger charge is 2.15. The second-order valence-corrected chi connectivity index (χ2v) is 8.59. The summed E-state index contributed by atoms with van der Waals surface area (Å²) in [4.78, 5) is 19.5. The van der Waals surface area contributed by atoms with Crippen molar-refractivity contribution in [3.63, 3.8) is 0 Å². The fourth-order valence-corrected chi connectivity index (χ4v) is 4.22. The van der Waals surface area contributed by atoms with Crippen LogP contribution in [0.1, 0.15) is 11.6 Å². The van der Waals surface area contributed by atoms with Gasteiger partial charge in [-0.3, -0.25) is 9.97 Å². The molecule has 6 aromatic rings. The van der Waals surface area contributed by atoms with E-state index in [2.05, 4.69) is 40.3 Å². The van der Waals surface area contributed by atoms with Crippen LogP contribution in [0.3, 0.4) is 0 Å². The standard InChI is InChI=1S/C28H24N10/c1-20-33-21(2)38(35-20)23-9-7-22(8-10-23)34-28-15-24(11-14-31-28)36-19-27(18-32-36)37(25-5-3-12-29-16-25)26-6-4-13-30-17-26/h3-19H,1-2H3,(H,31,34). The molecule has 0 saturated carbocycles. The molecule has 0 saturated heterocycles. The van der Waals surface area contributed by atoms with Gasteiger partial charge in [-0.1, -0.05) is 0 Å². The molecule has 0 fully saturated rings. The van der Waals surface area contributed by atoms with Crippen LogP contribution in [-0.2, 0) is 0 Å². The van der Waals surface area contributed by atoms with Crippen LogP contribution in [0.2, 0.25) is 0 Å². The summed E-state index contributed by atoms with van der Waals surface area (Å²) >= 11 is 0. The first kappa shape index (κ1) is 23.0. The van der Waals surface area contributed by atoms with Gasteiger partial charge in [-0.05, 0) is 68.4 Å². The SMILES string of the molecule is Cc1nc(C)n(-c2ccc(Nc3cc(-n4cc(N(c5cccnc5)c5cccnc5)cn4)ccn3)cc2)n1. The zero-order valence-corrected chi connectivity index (χ0v) is 20.8. The molecule has 0 amide bonds. The normalized spacial score (nSPS) is 10.9. The number of rotatable bonds is 7. The predicted octanol–water partition coefficient (Wildman–Crippen LogP) is 5.47. The number of hydrogen-bond acceptors (Lipinski definition) is 8. The van der Waals surface area contributed by atoms with Crippen molar-refractivity contribution in [1.82, 2.24) is 39.5 Å². The van der Waals surface area contributed by atoms with Crippen LogP contribution in [0.4, 0.5) is 28.6 Å². The molecule has 1 aromatic carbocycles. The molecule has 1 N–H and O–H groups in total. The summed E-state index contributed by atoms with van der Waals surface area (Å²) < 4.78 is 3.65. The lowest BCUT2D eigenvalue weighted by atomic mass is 10.2. The number of pyridine rings is 3. The van der Waals surface area contributed by atoms with Crippen molar-refractivity contribution in [2.24, 2.45) is 0 Å². The van der Waals surface area contributed by atoms with Gasteiger partial charge in [0, 0.05) is 30.3 Å². The first-order chi connectivity index (χ1) is 18.6. The molecule has 10 heteroatoms. The van der Waals surface area contributed by atoms with E-state index in [0.29, 0.717) is 5.82 Å². The van der Waals surface area contributed by atoms with E-state index in [1.54, 1.807) is 18.6 Å². The lowest BCUT2D eigenvalue weighted by Gasteiger charge is -2.22. The summed E-state index contributed by atoms with van der Waals surface area (Å²) in [6, 6.07) is 19.7. The van der Waals surface area contributed by atoms with Crippen molar-refractivity contribution in [2.75, 3.05) is 10.2 Å². The Kier molecular flexibility index (Phi) is 6.03. The smallest absolute Gasteiger partial charge is 0.148 e. The topological polar surface area (TPSA) is 102 Å². The number of aryl methyl sites for hydroxylation is 2. The van der Waals surface area contributed by atoms with Crippen molar-refractivity contribution in [2.45, 2.75) is 13.8 Å². The quantitative estimate of drug-likeness (QED) is 0.308. The molecule has 0 aliphatic heterocycles. The maximum absolute atomic E-state index is 4.62. The van der Waals surface area contributed by atoms with Gasteiger partial charge in [-0.2, -0.15) is 10.2 Å². The van der Waals surface area contributed by atoms with Crippen molar-refractivity contribution >= 4 is 28.6 Å². The average Bonchev–Trinajstić information content (AvgIpc) is 3.57. The lowest BCUT2D eigenvalue weighted by molar-refractivity contribution is 0.831. The highest BCUT2D eigenvalue weighted by molar-refractivity contribution is 5.74. The number of benzene rings is 1. The van der Waals surface area contributed by atoms with E-state index in [4.69, 9.17) is 0 Å². The molecule has 0 radical (unpaired) electrons. The van der Waals surface area contributed by atoms with Gasteiger partial charge >= 0.3 is 0 Å². The molecule has 5 heterocycles. The molecule has 10 nitrogen and oxygen atoms in total. The van der Waals surface area contributed by atoms with E-state index in [9.17, 15) is 0 Å². The Morgan fingerprint density at radius 3 is 2.13 bits per heavy atom. The van der Waals surface area contributed by atoms with Gasteiger partial charge in [0.2, 0.25) is 0 Å². The van der Waals surface area contributed by atoms with E-state index in [0.717, 1.165) is 45.8 Å². The van der Waals surface area contributed by atoms with E-state index < -0.39 is 0 Å². The molecule has 5 aromatic heterocycles. The van der Waals surface area contributed by atoms with Crippen LogP contribution in [0.15, 0.2) is 104 Å². The van der Waals surface area contributed by atoms with E-state index in [-0.39, 0.29) is 0 Å². The summed E-state index contributed by atoms with van der Waals surface area (Å²) in [6.45, 7) is 3.82. The van der Waals surface area contributed by atoms with Crippen LogP contribution >= 0.6 is 0 Å². The highest BCUT2D eigenvalue weighted by Crippen LogP contribution is 2.33. The van der Waals surface area contributed by atoms with Crippen molar-refractivity contribution < 1.29 is 0 Å². The Bertz CT molecular complexity index is 1620. The van der Waals surface area contributed by atoms with Crippen LogP contribution in [0, 0.1) is 13.8 Å². The number of nitrogens with zero attached hydrogens (tertiary/aromatic N) is 9. The predicted molar refractivity (Wildman–Crippen MR) is 146 cm³/mol. The minimum atomic E-state index is 0.705. The first-order valence-corrected chi connectivity index (χ1v) is 12.0. The highest BCUT2D eigenvalue weighted by atomic mass is 15.3. The fraction of sp³-hybridized carbons (Fsp3) is 0.0714. The molecular weight excluding hydrogens is 476 g/mol. The number of nitrogens with one attached hydrogen (secondary N) is 1. The Morgan fingerprint density at radius 1 is 0.763 bits per heavy atom. The molecule has 0 aliphatic carbocycles. The van der Waals surface area contributed by atoms with Gasteiger partial charge in [0.1, 0.15) is 17.5 Å². The van der Waals surface area contributed by atoms with Crippen molar-refractivity contribution in [3.05, 3.63) is 116 Å². The van der Waals surface area contributed by atoms with Gasteiger partial charge in [-0.15, -0.1) is 0 Å². The zero-order valence-electron chi connectivity index (χ0n) is 20.8. The molecule has 0 atom stereocenters. The molecule has 0 unspecified atom stereocenters. The Morgan fingerprint density at radius 2 is 1.50 bits per heavy atom. The number of aromatic nitrogens is 8. The van der Waals surface area contributed by atoms with Gasteiger partial charge in [0.15, 0.2) is 0 Å². The van der Waals surface area contributed by atoms with E-state index >= 15 is 0 Å². The fourth-order valence-electron chi connectivity index (χ4n) is 4.22. The Balaban J connectivity index is 1.25. The van der Waals surface area contributed by atoms with Gasteiger partial charge < -0.3 is 10.2 Å². The summed E-state index contributed by atoms with van der Waals surface area (Å²) in [5.41, 5.74) is 5.44. The molecule has 6 rings (SSSR count). The minimum Gasteiger partial charge on any atom is -0.340 e. The maximum Gasteiger partial charge on any atom is 0.148 e. The molecule has 38 heavy (non-hydrogen) atoms. The number of hydrogen-bond donors (Lipinski definition) is 1. The Hall–Kier alpha value is -5.38. The van der Waals surface area contributed by atoms with E-state index in [1.165, 1.54) is 0 Å². The average molecular weight is 501 g/mol. The van der Waals surface area contributed by atoms with Crippen LogP contribution in [0.5, 0.6) is 0 Å². The minimum absolute atomic E-state index is 0.705. The van der Waals surface area contributed by atoms with Crippen LogP contribution < -0.4 is 10.2 Å². The van der Waals surface area contributed by atoms with Gasteiger partial charge in [0.25, 0.3) is 0 Å². The molecule has 186 valence electrons. The molecule has 0 bridgehead atoms. The van der Waals surface area contributed by atoms with Crippen molar-refractivity contribution in [1.29, 1.82) is 0 Å². The molecule has 0 spiro atoms. The van der Waals surface area contributed by atoms with Gasteiger partial charge in [0.05, 0.1) is 53.2 Å². The summed E-state index contributed by atoms with van der Waals surface area (Å²) in [5, 5.41) is 12.4. The van der Waals surface area contributed by atoms with Gasteiger partial charge in [-0.25, -0.2) is 19.3 Å². The second-order valence-electron chi connectivity index (χ2n) is 8.59. The van der Waals surface area contributed by atoms with E-state index in [1.807, 2.05) is 109 Å². The summed E-state index contributed by atoms with van der Waals surface area (Å²) in [6.07, 6.45) is 12.7. The van der Waals surface area contributed by atoms with Crippen molar-refractivity contribution in [3.8, 4) is 11.4 Å². The zero-order chi connectivity index (χ0) is 25.9. The summed E-state index contributed by atoms with van der Waals surface area (Å²) in [7, 11) is 0. The second kappa shape index (κ2) is 9.94. The first-order valence-electron chi connectivity index (χ1n) is 12.0. The third-order valence-corrected chi connectivity index (χ3v) is 5.90. The Labute approximate surface area is 219 Å². The molecule has 0 aliphatic rings. The summed E-state index contributed by atoms with van der Waals surface area (Å²) in [5.74, 6) is 2.30. The van der Waals surface area contributed by atoms with Crippen LogP contribution in [0.25, 0.3) is 11.4 Å². The third kappa shape index (κ3) is 4.70. The largest absolute Gasteiger partial charge is 0.340 e. The lowest BCUT2D eigenvalue weighted by Crippen LogP contribution is -2.09. The number of anilines is 5. The maximum atomic E-state index is 4.62. The molecular formula is C28H24N10. The third-order valence-electron chi connectivity index (χ3n) is 5.90.